The van der Waals surface area contributed by atoms with E-state index in [2.05, 4.69) is 20.7 Å². The molecule has 0 radical (unpaired) electrons. The summed E-state index contributed by atoms with van der Waals surface area (Å²) in [5.74, 6) is 0.609. The summed E-state index contributed by atoms with van der Waals surface area (Å²) in [5, 5.41) is 15.3. The molecule has 0 spiro atoms. The summed E-state index contributed by atoms with van der Waals surface area (Å²) >= 11 is 0. The molecule has 0 saturated heterocycles. The standard InChI is InChI=1S/C13H19N5O2S/c1-10-15-17-18(16-10)13(8-9-14-2)11-4-6-12(7-5-11)21(3,19)20/h4-7,13-14H,8-9H2,1-3H3. The molecule has 8 heteroatoms. The van der Waals surface area contributed by atoms with E-state index in [0.717, 1.165) is 18.5 Å². The van der Waals surface area contributed by atoms with E-state index in [9.17, 15) is 8.42 Å². The molecule has 1 aromatic carbocycles. The second-order valence-corrected chi connectivity index (χ2v) is 6.92. The van der Waals surface area contributed by atoms with E-state index in [0.29, 0.717) is 10.7 Å². The van der Waals surface area contributed by atoms with Gasteiger partial charge in [-0.1, -0.05) is 12.1 Å². The van der Waals surface area contributed by atoms with E-state index in [-0.39, 0.29) is 6.04 Å². The van der Waals surface area contributed by atoms with Gasteiger partial charge in [0, 0.05) is 6.26 Å². The Bertz CT molecular complexity index is 694. The molecule has 0 aliphatic rings. The zero-order valence-electron chi connectivity index (χ0n) is 12.3. The van der Waals surface area contributed by atoms with Crippen LogP contribution < -0.4 is 5.32 Å². The van der Waals surface area contributed by atoms with Crippen molar-refractivity contribution in [2.45, 2.75) is 24.3 Å². The monoisotopic (exact) mass is 309 g/mol. The van der Waals surface area contributed by atoms with Gasteiger partial charge in [-0.25, -0.2) is 8.42 Å². The minimum Gasteiger partial charge on any atom is -0.320 e. The molecule has 2 aromatic rings. The number of hydrogen-bond acceptors (Lipinski definition) is 6. The van der Waals surface area contributed by atoms with E-state index >= 15 is 0 Å². The lowest BCUT2D eigenvalue weighted by atomic mass is 10.0. The molecule has 0 aliphatic heterocycles. The molecule has 1 N–H and O–H groups in total. The fourth-order valence-electron chi connectivity index (χ4n) is 2.06. The van der Waals surface area contributed by atoms with E-state index in [1.807, 2.05) is 7.05 Å². The Balaban J connectivity index is 2.32. The van der Waals surface area contributed by atoms with Crippen molar-refractivity contribution in [3.05, 3.63) is 35.7 Å². The first kappa shape index (κ1) is 15.6. The van der Waals surface area contributed by atoms with Crippen molar-refractivity contribution in [1.82, 2.24) is 25.5 Å². The first-order valence-corrected chi connectivity index (χ1v) is 8.51. The van der Waals surface area contributed by atoms with Crippen LogP contribution in [0.15, 0.2) is 29.2 Å². The van der Waals surface area contributed by atoms with Gasteiger partial charge in [-0.05, 0) is 49.8 Å². The molecule has 1 atom stereocenters. The fraction of sp³-hybridized carbons (Fsp3) is 0.462. The van der Waals surface area contributed by atoms with Gasteiger partial charge in [-0.3, -0.25) is 0 Å². The Hall–Kier alpha value is -1.80. The van der Waals surface area contributed by atoms with E-state index < -0.39 is 9.84 Å². The van der Waals surface area contributed by atoms with Crippen molar-refractivity contribution >= 4 is 9.84 Å². The molecular formula is C13H19N5O2S. The number of aryl methyl sites for hydroxylation is 1. The van der Waals surface area contributed by atoms with Crippen LogP contribution in [0.25, 0.3) is 0 Å². The Morgan fingerprint density at radius 1 is 1.29 bits per heavy atom. The van der Waals surface area contributed by atoms with Crippen LogP contribution in [0.3, 0.4) is 0 Å². The van der Waals surface area contributed by atoms with Gasteiger partial charge in [0.15, 0.2) is 15.7 Å². The predicted octanol–water partition coefficient (Wildman–Crippen LogP) is 0.584. The zero-order chi connectivity index (χ0) is 15.5. The van der Waals surface area contributed by atoms with Crippen LogP contribution in [-0.2, 0) is 9.84 Å². The number of nitrogens with one attached hydrogen (secondary N) is 1. The second-order valence-electron chi connectivity index (χ2n) is 4.91. The normalized spacial score (nSPS) is 13.3. The van der Waals surface area contributed by atoms with Crippen molar-refractivity contribution in [2.75, 3.05) is 19.8 Å². The Morgan fingerprint density at radius 3 is 2.43 bits per heavy atom. The van der Waals surface area contributed by atoms with Gasteiger partial charge in [0.05, 0.1) is 10.9 Å². The summed E-state index contributed by atoms with van der Waals surface area (Å²) in [6.45, 7) is 2.57. The molecule has 2 rings (SSSR count). The summed E-state index contributed by atoms with van der Waals surface area (Å²) in [5.41, 5.74) is 0.954. The Labute approximate surface area is 124 Å². The number of nitrogens with zero attached hydrogens (tertiary/aromatic N) is 4. The topological polar surface area (TPSA) is 89.8 Å². The van der Waals surface area contributed by atoms with Gasteiger partial charge in [-0.2, -0.15) is 4.80 Å². The average Bonchev–Trinajstić information content (AvgIpc) is 2.85. The molecular weight excluding hydrogens is 290 g/mol. The summed E-state index contributed by atoms with van der Waals surface area (Å²) < 4.78 is 23.0. The summed E-state index contributed by atoms with van der Waals surface area (Å²) in [7, 11) is -1.31. The lowest BCUT2D eigenvalue weighted by Gasteiger charge is -2.16. The maximum Gasteiger partial charge on any atom is 0.175 e. The quantitative estimate of drug-likeness (QED) is 0.839. The largest absolute Gasteiger partial charge is 0.320 e. The molecule has 0 fully saturated rings. The van der Waals surface area contributed by atoms with Crippen LogP contribution in [0.4, 0.5) is 0 Å². The molecule has 0 saturated carbocycles. The smallest absolute Gasteiger partial charge is 0.175 e. The van der Waals surface area contributed by atoms with Crippen LogP contribution in [0.5, 0.6) is 0 Å². The number of hydrogen-bond donors (Lipinski definition) is 1. The van der Waals surface area contributed by atoms with Crippen LogP contribution in [0, 0.1) is 6.92 Å². The SMILES string of the molecule is CNCCC(c1ccc(S(C)(=O)=O)cc1)n1nnc(C)n1. The van der Waals surface area contributed by atoms with Crippen molar-refractivity contribution in [3.63, 3.8) is 0 Å². The van der Waals surface area contributed by atoms with Crippen LogP contribution in [0.2, 0.25) is 0 Å². The number of benzene rings is 1. The number of tetrazole rings is 1. The van der Waals surface area contributed by atoms with Crippen LogP contribution in [-0.4, -0.2) is 48.5 Å². The van der Waals surface area contributed by atoms with Gasteiger partial charge < -0.3 is 5.32 Å². The lowest BCUT2D eigenvalue weighted by Crippen LogP contribution is -2.20. The number of aromatic nitrogens is 4. The van der Waals surface area contributed by atoms with E-state index in [1.54, 1.807) is 36.0 Å². The van der Waals surface area contributed by atoms with Gasteiger partial charge >= 0.3 is 0 Å². The third kappa shape index (κ3) is 3.85. The van der Waals surface area contributed by atoms with Crippen molar-refractivity contribution in [1.29, 1.82) is 0 Å². The van der Waals surface area contributed by atoms with Crippen molar-refractivity contribution in [2.24, 2.45) is 0 Å². The Kier molecular flexibility index (Phi) is 4.69. The molecule has 1 unspecified atom stereocenters. The highest BCUT2D eigenvalue weighted by atomic mass is 32.2. The molecule has 0 bridgehead atoms. The maximum absolute atomic E-state index is 11.5. The maximum atomic E-state index is 11.5. The number of sulfone groups is 1. The van der Waals surface area contributed by atoms with Crippen LogP contribution in [0.1, 0.15) is 23.9 Å². The van der Waals surface area contributed by atoms with Gasteiger partial charge in [0.25, 0.3) is 0 Å². The molecule has 0 amide bonds. The highest BCUT2D eigenvalue weighted by Gasteiger charge is 2.17. The van der Waals surface area contributed by atoms with Crippen LogP contribution >= 0.6 is 0 Å². The lowest BCUT2D eigenvalue weighted by molar-refractivity contribution is 0.421. The highest BCUT2D eigenvalue weighted by molar-refractivity contribution is 7.90. The zero-order valence-corrected chi connectivity index (χ0v) is 13.1. The molecule has 21 heavy (non-hydrogen) atoms. The first-order valence-electron chi connectivity index (χ1n) is 6.62. The van der Waals surface area contributed by atoms with Gasteiger partial charge in [-0.15, -0.1) is 10.2 Å². The summed E-state index contributed by atoms with van der Waals surface area (Å²) in [4.78, 5) is 1.88. The van der Waals surface area contributed by atoms with Crippen molar-refractivity contribution < 1.29 is 8.42 Å². The van der Waals surface area contributed by atoms with Crippen molar-refractivity contribution in [3.8, 4) is 0 Å². The van der Waals surface area contributed by atoms with E-state index in [1.165, 1.54) is 6.26 Å². The van der Waals surface area contributed by atoms with Gasteiger partial charge in [0.1, 0.15) is 0 Å². The Morgan fingerprint density at radius 2 is 1.95 bits per heavy atom. The summed E-state index contributed by atoms with van der Waals surface area (Å²) in [6, 6.07) is 6.75. The minimum atomic E-state index is -3.19. The van der Waals surface area contributed by atoms with E-state index in [4.69, 9.17) is 0 Å². The molecule has 0 aliphatic carbocycles. The molecule has 1 aromatic heterocycles. The molecule has 1 heterocycles. The molecule has 7 nitrogen and oxygen atoms in total. The summed E-state index contributed by atoms with van der Waals surface area (Å²) in [6.07, 6.45) is 1.98. The average molecular weight is 309 g/mol. The third-order valence-electron chi connectivity index (χ3n) is 3.17. The molecule has 114 valence electrons. The van der Waals surface area contributed by atoms with Gasteiger partial charge in [0.2, 0.25) is 0 Å². The highest BCUT2D eigenvalue weighted by Crippen LogP contribution is 2.21. The fourth-order valence-corrected chi connectivity index (χ4v) is 2.70. The predicted molar refractivity (Wildman–Crippen MR) is 78.8 cm³/mol. The third-order valence-corrected chi connectivity index (χ3v) is 4.30. The number of rotatable bonds is 6. The minimum absolute atomic E-state index is 0.0766. The first-order chi connectivity index (χ1) is 9.91. The second kappa shape index (κ2) is 6.31.